The van der Waals surface area contributed by atoms with Crippen molar-refractivity contribution in [1.29, 1.82) is 0 Å². The van der Waals surface area contributed by atoms with Crippen molar-refractivity contribution in [2.45, 2.75) is 30.0 Å². The van der Waals surface area contributed by atoms with Crippen LogP contribution in [-0.4, -0.2) is 37.5 Å². The molecule has 2 aromatic carbocycles. The number of carbonyl (C=O) groups is 1. The summed E-state index contributed by atoms with van der Waals surface area (Å²) in [5, 5.41) is 8.83. The third kappa shape index (κ3) is 4.36. The summed E-state index contributed by atoms with van der Waals surface area (Å²) in [6.45, 7) is 4.60. The molecule has 0 saturated carbocycles. The third-order valence-corrected chi connectivity index (χ3v) is 6.05. The molecular weight excluding hydrogens is 394 g/mol. The van der Waals surface area contributed by atoms with Gasteiger partial charge in [-0.3, -0.25) is 4.79 Å². The Morgan fingerprint density at radius 1 is 1.03 bits per heavy atom. The van der Waals surface area contributed by atoms with Gasteiger partial charge in [0.1, 0.15) is 11.4 Å². The molecule has 0 spiro atoms. The second-order valence-electron chi connectivity index (χ2n) is 7.12. The zero-order valence-electron chi connectivity index (χ0n) is 16.9. The summed E-state index contributed by atoms with van der Waals surface area (Å²) in [6, 6.07) is 20.0. The van der Waals surface area contributed by atoms with Crippen LogP contribution in [0.1, 0.15) is 25.3 Å². The molecule has 6 nitrogen and oxygen atoms in total. The molecule has 0 aliphatic carbocycles. The van der Waals surface area contributed by atoms with E-state index < -0.39 is 0 Å². The van der Waals surface area contributed by atoms with Gasteiger partial charge in [-0.05, 0) is 30.5 Å². The Hall–Kier alpha value is -3.19. The topological polar surface area (TPSA) is 72.7 Å². The average molecular weight is 418 g/mol. The zero-order chi connectivity index (χ0) is 20.9. The van der Waals surface area contributed by atoms with Crippen LogP contribution in [0.25, 0.3) is 16.7 Å². The van der Waals surface area contributed by atoms with E-state index in [9.17, 15) is 4.79 Å². The number of fused-ring (bicyclic) bond motifs is 1. The van der Waals surface area contributed by atoms with Crippen LogP contribution in [0.15, 0.2) is 78.2 Å². The molecule has 2 unspecified atom stereocenters. The highest BCUT2D eigenvalue weighted by atomic mass is 32.2. The van der Waals surface area contributed by atoms with E-state index in [1.165, 1.54) is 23.7 Å². The van der Waals surface area contributed by atoms with Gasteiger partial charge < -0.3 is 5.32 Å². The Balaban J connectivity index is 1.45. The van der Waals surface area contributed by atoms with Gasteiger partial charge in [0.2, 0.25) is 5.91 Å². The molecule has 4 rings (SSSR count). The lowest BCUT2D eigenvalue weighted by Gasteiger charge is -2.16. The Kier molecular flexibility index (Phi) is 6.09. The first-order valence-corrected chi connectivity index (χ1v) is 10.7. The minimum Gasteiger partial charge on any atom is -0.355 e. The summed E-state index contributed by atoms with van der Waals surface area (Å²) < 4.78 is 1.79. The van der Waals surface area contributed by atoms with Crippen LogP contribution in [0.2, 0.25) is 0 Å². The number of hydrogen-bond donors (Lipinski definition) is 1. The van der Waals surface area contributed by atoms with E-state index in [1.807, 2.05) is 55.5 Å². The van der Waals surface area contributed by atoms with Gasteiger partial charge in [0, 0.05) is 6.54 Å². The maximum absolute atomic E-state index is 12.6. The fourth-order valence-corrected chi connectivity index (χ4v) is 4.10. The third-order valence-electron chi connectivity index (χ3n) is 4.94. The van der Waals surface area contributed by atoms with Crippen LogP contribution in [0.5, 0.6) is 0 Å². The van der Waals surface area contributed by atoms with E-state index in [0.717, 1.165) is 21.7 Å². The van der Waals surface area contributed by atoms with Gasteiger partial charge in [-0.15, -0.1) is 0 Å². The molecule has 0 aliphatic heterocycles. The Morgan fingerprint density at radius 3 is 2.47 bits per heavy atom. The van der Waals surface area contributed by atoms with Crippen LogP contribution < -0.4 is 5.32 Å². The van der Waals surface area contributed by atoms with Gasteiger partial charge in [-0.2, -0.15) is 5.10 Å². The molecule has 2 aromatic heterocycles. The highest BCUT2D eigenvalue weighted by Crippen LogP contribution is 2.29. The maximum atomic E-state index is 12.6. The number of rotatable bonds is 7. The lowest BCUT2D eigenvalue weighted by Crippen LogP contribution is -2.33. The second kappa shape index (κ2) is 9.09. The number of benzene rings is 2. The lowest BCUT2D eigenvalue weighted by atomic mass is 10.0. The van der Waals surface area contributed by atoms with Crippen LogP contribution in [0, 0.1) is 0 Å². The van der Waals surface area contributed by atoms with Crippen molar-refractivity contribution >= 4 is 28.7 Å². The first-order chi connectivity index (χ1) is 14.6. The Labute approximate surface area is 179 Å². The largest absolute Gasteiger partial charge is 0.355 e. The Morgan fingerprint density at radius 2 is 1.73 bits per heavy atom. The summed E-state index contributed by atoms with van der Waals surface area (Å²) >= 11 is 1.42. The van der Waals surface area contributed by atoms with Crippen LogP contribution in [0.3, 0.4) is 0 Å². The van der Waals surface area contributed by atoms with Crippen LogP contribution in [0.4, 0.5) is 0 Å². The standard InChI is InChI=1S/C23H23N5OS/c1-16(18-9-5-3-6-10-18)13-24-22(29)17(2)30-23-20-14-27-28(21(20)25-15-26-23)19-11-7-4-8-12-19/h3-12,14-17H,13H2,1-2H3,(H,24,29). The van der Waals surface area contributed by atoms with Crippen molar-refractivity contribution in [3.63, 3.8) is 0 Å². The molecule has 1 amide bonds. The summed E-state index contributed by atoms with van der Waals surface area (Å²) in [4.78, 5) is 21.4. The van der Waals surface area contributed by atoms with E-state index in [0.29, 0.717) is 6.54 Å². The minimum absolute atomic E-state index is 0.00926. The first kappa shape index (κ1) is 20.1. The van der Waals surface area contributed by atoms with Gasteiger partial charge in [0.15, 0.2) is 5.65 Å². The average Bonchev–Trinajstić information content (AvgIpc) is 3.23. The highest BCUT2D eigenvalue weighted by Gasteiger charge is 2.19. The van der Waals surface area contributed by atoms with E-state index in [2.05, 4.69) is 39.4 Å². The molecule has 0 saturated heterocycles. The number of nitrogens with one attached hydrogen (secondary N) is 1. The van der Waals surface area contributed by atoms with Gasteiger partial charge in [0.25, 0.3) is 0 Å². The van der Waals surface area contributed by atoms with Crippen molar-refractivity contribution in [3.8, 4) is 5.69 Å². The summed E-state index contributed by atoms with van der Waals surface area (Å²) in [7, 11) is 0. The second-order valence-corrected chi connectivity index (χ2v) is 8.45. The first-order valence-electron chi connectivity index (χ1n) is 9.87. The normalized spacial score (nSPS) is 13.1. The van der Waals surface area contributed by atoms with Gasteiger partial charge in [-0.1, -0.05) is 67.2 Å². The van der Waals surface area contributed by atoms with Crippen LogP contribution >= 0.6 is 11.8 Å². The van der Waals surface area contributed by atoms with Gasteiger partial charge in [-0.25, -0.2) is 14.6 Å². The highest BCUT2D eigenvalue weighted by molar-refractivity contribution is 8.00. The molecule has 2 heterocycles. The fraction of sp³-hybridized carbons (Fsp3) is 0.217. The van der Waals surface area contributed by atoms with Crippen molar-refractivity contribution in [1.82, 2.24) is 25.1 Å². The number of amides is 1. The minimum atomic E-state index is -0.286. The molecule has 2 atom stereocenters. The molecule has 0 aliphatic rings. The fourth-order valence-electron chi connectivity index (χ4n) is 3.19. The van der Waals surface area contributed by atoms with E-state index in [-0.39, 0.29) is 17.1 Å². The number of hydrogen-bond acceptors (Lipinski definition) is 5. The van der Waals surface area contributed by atoms with Crippen molar-refractivity contribution in [2.24, 2.45) is 0 Å². The van der Waals surface area contributed by atoms with Crippen molar-refractivity contribution < 1.29 is 4.79 Å². The maximum Gasteiger partial charge on any atom is 0.233 e. The van der Waals surface area contributed by atoms with Gasteiger partial charge >= 0.3 is 0 Å². The number of para-hydroxylation sites is 1. The molecule has 30 heavy (non-hydrogen) atoms. The summed E-state index contributed by atoms with van der Waals surface area (Å²) in [5.74, 6) is 0.243. The molecule has 152 valence electrons. The predicted octanol–water partition coefficient (Wildman–Crippen LogP) is 4.22. The predicted molar refractivity (Wildman–Crippen MR) is 120 cm³/mol. The lowest BCUT2D eigenvalue weighted by molar-refractivity contribution is -0.120. The Bertz CT molecular complexity index is 1130. The van der Waals surface area contributed by atoms with Gasteiger partial charge in [0.05, 0.1) is 22.5 Å². The number of aromatic nitrogens is 4. The molecular formula is C23H23N5OS. The molecule has 7 heteroatoms. The molecule has 0 bridgehead atoms. The van der Waals surface area contributed by atoms with E-state index in [4.69, 9.17) is 0 Å². The number of carbonyl (C=O) groups excluding carboxylic acids is 1. The van der Waals surface area contributed by atoms with Crippen LogP contribution in [-0.2, 0) is 4.79 Å². The van der Waals surface area contributed by atoms with Crippen molar-refractivity contribution in [2.75, 3.05) is 6.54 Å². The quantitative estimate of drug-likeness (QED) is 0.360. The number of thioether (sulfide) groups is 1. The smallest absolute Gasteiger partial charge is 0.233 e. The van der Waals surface area contributed by atoms with Crippen molar-refractivity contribution in [3.05, 3.63) is 78.8 Å². The van der Waals surface area contributed by atoms with E-state index in [1.54, 1.807) is 10.9 Å². The summed E-state index contributed by atoms with van der Waals surface area (Å²) in [6.07, 6.45) is 3.28. The molecule has 1 N–H and O–H groups in total. The zero-order valence-corrected chi connectivity index (χ0v) is 17.7. The van der Waals surface area contributed by atoms with E-state index >= 15 is 0 Å². The monoisotopic (exact) mass is 417 g/mol. The SMILES string of the molecule is CC(Sc1ncnc2c1cnn2-c1ccccc1)C(=O)NCC(C)c1ccccc1. The number of nitrogens with zero attached hydrogens (tertiary/aromatic N) is 4. The summed E-state index contributed by atoms with van der Waals surface area (Å²) in [5.41, 5.74) is 2.87. The molecule has 0 radical (unpaired) electrons. The molecule has 0 fully saturated rings. The molecule has 4 aromatic rings.